The van der Waals surface area contributed by atoms with Gasteiger partial charge >= 0.3 is 0 Å². The van der Waals surface area contributed by atoms with Crippen LogP contribution in [0.15, 0.2) is 18.2 Å². The summed E-state index contributed by atoms with van der Waals surface area (Å²) in [4.78, 5) is 25.1. The molecule has 1 fully saturated rings. The molecule has 1 saturated carbocycles. The number of benzene rings is 1. The van der Waals surface area contributed by atoms with Crippen molar-refractivity contribution in [2.24, 2.45) is 0 Å². The smallest absolute Gasteiger partial charge is 0.239 e. The zero-order valence-corrected chi connectivity index (χ0v) is 13.2. The summed E-state index contributed by atoms with van der Waals surface area (Å²) in [6.07, 6.45) is 2.06. The molecule has 0 radical (unpaired) electrons. The summed E-state index contributed by atoms with van der Waals surface area (Å²) < 4.78 is 10.4. The quantitative estimate of drug-likeness (QED) is 0.825. The molecular formula is C16H22N2O4. The molecule has 120 valence electrons. The number of rotatable bonds is 7. The van der Waals surface area contributed by atoms with Crippen LogP contribution in [0.5, 0.6) is 11.5 Å². The lowest BCUT2D eigenvalue weighted by molar-refractivity contribution is -0.135. The maximum Gasteiger partial charge on any atom is 0.239 e. The summed E-state index contributed by atoms with van der Waals surface area (Å²) in [5.74, 6) is 0.983. The minimum absolute atomic E-state index is 0.0696. The summed E-state index contributed by atoms with van der Waals surface area (Å²) in [5.41, 5.74) is 0.882. The number of carbonyl (C=O) groups excluding carboxylic acids is 2. The van der Waals surface area contributed by atoms with Crippen molar-refractivity contribution in [3.05, 3.63) is 23.8 Å². The average Bonchev–Trinajstić information content (AvgIpc) is 3.30. The summed E-state index contributed by atoms with van der Waals surface area (Å²) in [5, 5.41) is 2.89. The second-order valence-electron chi connectivity index (χ2n) is 5.41. The van der Waals surface area contributed by atoms with E-state index >= 15 is 0 Å². The molecule has 2 amide bonds. The van der Waals surface area contributed by atoms with Gasteiger partial charge in [-0.15, -0.1) is 0 Å². The Balaban J connectivity index is 2.03. The largest absolute Gasteiger partial charge is 0.493 e. The van der Waals surface area contributed by atoms with Crippen molar-refractivity contribution in [2.75, 3.05) is 20.8 Å². The molecule has 0 aromatic heterocycles. The zero-order valence-electron chi connectivity index (χ0n) is 13.2. The first-order valence-electron chi connectivity index (χ1n) is 7.29. The number of nitrogens with one attached hydrogen (secondary N) is 1. The number of hydrogen-bond acceptors (Lipinski definition) is 4. The minimum atomic E-state index is -0.138. The Morgan fingerprint density at radius 3 is 2.45 bits per heavy atom. The van der Waals surface area contributed by atoms with Crippen LogP contribution >= 0.6 is 0 Å². The van der Waals surface area contributed by atoms with Gasteiger partial charge in [0.15, 0.2) is 11.5 Å². The molecule has 1 N–H and O–H groups in total. The van der Waals surface area contributed by atoms with Crippen molar-refractivity contribution in [3.63, 3.8) is 0 Å². The average molecular weight is 306 g/mol. The van der Waals surface area contributed by atoms with E-state index in [1.54, 1.807) is 20.3 Å². The Morgan fingerprint density at radius 1 is 1.23 bits per heavy atom. The fraction of sp³-hybridized carbons (Fsp3) is 0.500. The van der Waals surface area contributed by atoms with Gasteiger partial charge in [0.2, 0.25) is 11.8 Å². The zero-order chi connectivity index (χ0) is 16.1. The van der Waals surface area contributed by atoms with E-state index in [0.717, 1.165) is 18.4 Å². The molecule has 0 bridgehead atoms. The molecule has 1 aliphatic rings. The van der Waals surface area contributed by atoms with E-state index in [2.05, 4.69) is 5.32 Å². The van der Waals surface area contributed by atoms with Crippen LogP contribution in [0.25, 0.3) is 0 Å². The van der Waals surface area contributed by atoms with Gasteiger partial charge in [-0.2, -0.15) is 0 Å². The predicted octanol–water partition coefficient (Wildman–Crippen LogP) is 1.33. The molecule has 0 spiro atoms. The van der Waals surface area contributed by atoms with Crippen molar-refractivity contribution in [1.29, 1.82) is 0 Å². The van der Waals surface area contributed by atoms with Crippen molar-refractivity contribution in [2.45, 2.75) is 32.4 Å². The number of nitrogens with zero attached hydrogens (tertiary/aromatic N) is 1. The number of hydrogen-bond donors (Lipinski definition) is 1. The van der Waals surface area contributed by atoms with Crippen molar-refractivity contribution in [1.82, 2.24) is 10.2 Å². The van der Waals surface area contributed by atoms with E-state index in [4.69, 9.17) is 9.47 Å². The Labute approximate surface area is 130 Å². The summed E-state index contributed by atoms with van der Waals surface area (Å²) in [6, 6.07) is 5.75. The van der Waals surface area contributed by atoms with Gasteiger partial charge < -0.3 is 19.7 Å². The first-order valence-corrected chi connectivity index (χ1v) is 7.29. The highest BCUT2D eigenvalue weighted by Crippen LogP contribution is 2.28. The van der Waals surface area contributed by atoms with E-state index in [0.29, 0.717) is 24.1 Å². The number of carbonyl (C=O) groups is 2. The van der Waals surface area contributed by atoms with Crippen LogP contribution in [-0.2, 0) is 16.1 Å². The van der Waals surface area contributed by atoms with E-state index in [1.165, 1.54) is 11.8 Å². The second kappa shape index (κ2) is 7.15. The molecule has 2 rings (SSSR count). The first kappa shape index (κ1) is 16.1. The topological polar surface area (TPSA) is 67.9 Å². The lowest BCUT2D eigenvalue weighted by atomic mass is 10.2. The molecule has 0 unspecified atom stereocenters. The second-order valence-corrected chi connectivity index (χ2v) is 5.41. The number of methoxy groups -OCH3 is 2. The van der Waals surface area contributed by atoms with E-state index in [1.807, 2.05) is 12.1 Å². The van der Waals surface area contributed by atoms with Crippen molar-refractivity contribution >= 4 is 11.8 Å². The van der Waals surface area contributed by atoms with Gasteiger partial charge in [-0.05, 0) is 30.5 Å². The summed E-state index contributed by atoms with van der Waals surface area (Å²) in [6.45, 7) is 1.89. The minimum Gasteiger partial charge on any atom is -0.493 e. The Kier molecular flexibility index (Phi) is 5.25. The summed E-state index contributed by atoms with van der Waals surface area (Å²) in [7, 11) is 3.13. The SMILES string of the molecule is COc1ccc(CN(CC(=O)NC2CC2)C(C)=O)cc1OC. The van der Waals surface area contributed by atoms with Gasteiger partial charge in [-0.1, -0.05) is 6.07 Å². The highest BCUT2D eigenvalue weighted by molar-refractivity contribution is 5.84. The number of amides is 2. The molecule has 1 aromatic carbocycles. The molecule has 0 aliphatic heterocycles. The third-order valence-electron chi connectivity index (χ3n) is 3.54. The van der Waals surface area contributed by atoms with Gasteiger partial charge in [-0.3, -0.25) is 9.59 Å². The van der Waals surface area contributed by atoms with Crippen LogP contribution in [0.4, 0.5) is 0 Å². The van der Waals surface area contributed by atoms with Crippen molar-refractivity contribution < 1.29 is 19.1 Å². The Bertz CT molecular complexity index is 555. The van der Waals surface area contributed by atoms with E-state index in [9.17, 15) is 9.59 Å². The standard InChI is InChI=1S/C16H22N2O4/c1-11(19)18(10-16(20)17-13-5-6-13)9-12-4-7-14(21-2)15(8-12)22-3/h4,7-8,13H,5-6,9-10H2,1-3H3,(H,17,20). The predicted molar refractivity (Wildman–Crippen MR) is 81.8 cm³/mol. The number of ether oxygens (including phenoxy) is 2. The molecule has 6 heteroatoms. The van der Waals surface area contributed by atoms with E-state index < -0.39 is 0 Å². The Morgan fingerprint density at radius 2 is 1.91 bits per heavy atom. The normalized spacial score (nSPS) is 13.4. The molecule has 1 aliphatic carbocycles. The van der Waals surface area contributed by atoms with Gasteiger partial charge in [0, 0.05) is 19.5 Å². The van der Waals surface area contributed by atoms with Crippen molar-refractivity contribution in [3.8, 4) is 11.5 Å². The monoisotopic (exact) mass is 306 g/mol. The lowest BCUT2D eigenvalue weighted by Crippen LogP contribution is -2.40. The first-order chi connectivity index (χ1) is 10.5. The molecule has 0 atom stereocenters. The summed E-state index contributed by atoms with van der Waals surface area (Å²) >= 11 is 0. The molecule has 0 saturated heterocycles. The third-order valence-corrected chi connectivity index (χ3v) is 3.54. The maximum atomic E-state index is 11.9. The molecular weight excluding hydrogens is 284 g/mol. The molecule has 0 heterocycles. The van der Waals surface area contributed by atoms with Crippen LogP contribution in [0.1, 0.15) is 25.3 Å². The van der Waals surface area contributed by atoms with Crippen LogP contribution in [0, 0.1) is 0 Å². The van der Waals surface area contributed by atoms with Gasteiger partial charge in [0.05, 0.1) is 20.8 Å². The van der Waals surface area contributed by atoms with Crippen LogP contribution in [0.3, 0.4) is 0 Å². The fourth-order valence-corrected chi connectivity index (χ4v) is 2.15. The van der Waals surface area contributed by atoms with E-state index in [-0.39, 0.29) is 18.4 Å². The van der Waals surface area contributed by atoms with Gasteiger partial charge in [0.25, 0.3) is 0 Å². The van der Waals surface area contributed by atoms with Gasteiger partial charge in [0.1, 0.15) is 0 Å². The van der Waals surface area contributed by atoms with Crippen LogP contribution < -0.4 is 14.8 Å². The lowest BCUT2D eigenvalue weighted by Gasteiger charge is -2.21. The third kappa shape index (κ3) is 4.38. The van der Waals surface area contributed by atoms with Crippen LogP contribution in [-0.4, -0.2) is 43.5 Å². The Hall–Kier alpha value is -2.24. The highest BCUT2D eigenvalue weighted by Gasteiger charge is 2.24. The fourth-order valence-electron chi connectivity index (χ4n) is 2.15. The molecule has 6 nitrogen and oxygen atoms in total. The maximum absolute atomic E-state index is 11.9. The highest BCUT2D eigenvalue weighted by atomic mass is 16.5. The molecule has 22 heavy (non-hydrogen) atoms. The van der Waals surface area contributed by atoms with Crippen LogP contribution in [0.2, 0.25) is 0 Å². The molecule has 1 aromatic rings. The van der Waals surface area contributed by atoms with Gasteiger partial charge in [-0.25, -0.2) is 0 Å².